The van der Waals surface area contributed by atoms with E-state index in [0.29, 0.717) is 17.1 Å². The lowest BCUT2D eigenvalue weighted by Crippen LogP contribution is -2.32. The van der Waals surface area contributed by atoms with E-state index in [0.717, 1.165) is 14.6 Å². The van der Waals surface area contributed by atoms with Gasteiger partial charge in [0.1, 0.15) is 4.88 Å². The molecule has 0 radical (unpaired) electrons. The van der Waals surface area contributed by atoms with Gasteiger partial charge in [-0.25, -0.2) is 0 Å². The lowest BCUT2D eigenvalue weighted by molar-refractivity contribution is 0.0959. The average molecular weight is 375 g/mol. The van der Waals surface area contributed by atoms with Crippen molar-refractivity contribution in [3.8, 4) is 0 Å². The van der Waals surface area contributed by atoms with Crippen LogP contribution in [0, 0.1) is 0 Å². The fourth-order valence-corrected chi connectivity index (χ4v) is 3.60. The second kappa shape index (κ2) is 6.24. The van der Waals surface area contributed by atoms with Crippen molar-refractivity contribution in [2.75, 3.05) is 18.5 Å². The number of amides is 1. The van der Waals surface area contributed by atoms with Crippen LogP contribution in [0.4, 0.5) is 5.69 Å². The number of nitrogen functional groups attached to an aromatic ring is 1. The summed E-state index contributed by atoms with van der Waals surface area (Å²) >= 11 is 4.76. The molecule has 0 fully saturated rings. The van der Waals surface area contributed by atoms with Gasteiger partial charge in [-0.2, -0.15) is 0 Å². The Labute approximate surface area is 132 Å². The zero-order chi connectivity index (χ0) is 14.9. The molecule has 2 rings (SSSR count). The standard InChI is InChI=1S/C13H15BrN2O2S2/c1-7(20(2)18)6-16-13(17)12-11(15)9-4-3-8(14)5-10(9)19-12/h3-5,7H,6,15H2,1-2H3,(H,16,17). The highest BCUT2D eigenvalue weighted by atomic mass is 79.9. The van der Waals surface area contributed by atoms with Crippen molar-refractivity contribution in [3.05, 3.63) is 27.5 Å². The Balaban J connectivity index is 2.22. The van der Waals surface area contributed by atoms with E-state index in [1.165, 1.54) is 11.3 Å². The number of anilines is 1. The summed E-state index contributed by atoms with van der Waals surface area (Å²) in [5.74, 6) is -0.211. The molecule has 2 aromatic rings. The van der Waals surface area contributed by atoms with Crippen molar-refractivity contribution in [2.24, 2.45) is 0 Å². The number of nitrogens with one attached hydrogen (secondary N) is 1. The van der Waals surface area contributed by atoms with E-state index in [9.17, 15) is 9.00 Å². The van der Waals surface area contributed by atoms with E-state index in [-0.39, 0.29) is 11.2 Å². The van der Waals surface area contributed by atoms with Crippen LogP contribution in [0.3, 0.4) is 0 Å². The highest BCUT2D eigenvalue weighted by Crippen LogP contribution is 2.35. The van der Waals surface area contributed by atoms with Gasteiger partial charge in [-0.1, -0.05) is 22.0 Å². The molecular weight excluding hydrogens is 360 g/mol. The van der Waals surface area contributed by atoms with Crippen molar-refractivity contribution in [1.82, 2.24) is 5.32 Å². The molecule has 1 amide bonds. The van der Waals surface area contributed by atoms with Crippen LogP contribution in [-0.2, 0) is 10.8 Å². The quantitative estimate of drug-likeness (QED) is 0.863. The summed E-state index contributed by atoms with van der Waals surface area (Å²) in [6, 6.07) is 5.73. The van der Waals surface area contributed by atoms with Crippen LogP contribution >= 0.6 is 27.3 Å². The molecule has 3 N–H and O–H groups in total. The molecule has 0 aliphatic rings. The summed E-state index contributed by atoms with van der Waals surface area (Å²) in [5, 5.41) is 3.59. The molecule has 0 spiro atoms. The molecule has 20 heavy (non-hydrogen) atoms. The van der Waals surface area contributed by atoms with E-state index in [1.54, 1.807) is 6.26 Å². The number of fused-ring (bicyclic) bond motifs is 1. The van der Waals surface area contributed by atoms with E-state index >= 15 is 0 Å². The normalized spacial score (nSPS) is 14.2. The second-order valence-corrected chi connectivity index (χ2v) is 8.27. The van der Waals surface area contributed by atoms with Gasteiger partial charge in [0, 0.05) is 43.4 Å². The lowest BCUT2D eigenvalue weighted by Gasteiger charge is -2.09. The molecule has 0 saturated carbocycles. The van der Waals surface area contributed by atoms with Crippen LogP contribution in [0.15, 0.2) is 22.7 Å². The minimum Gasteiger partial charge on any atom is -0.397 e. The SMILES string of the molecule is CC(CNC(=O)c1sc2cc(Br)ccc2c1N)S(C)=O. The summed E-state index contributed by atoms with van der Waals surface area (Å²) in [7, 11) is -0.955. The van der Waals surface area contributed by atoms with Gasteiger partial charge >= 0.3 is 0 Å². The van der Waals surface area contributed by atoms with Gasteiger partial charge < -0.3 is 11.1 Å². The van der Waals surface area contributed by atoms with Crippen LogP contribution in [0.25, 0.3) is 10.1 Å². The first kappa shape index (κ1) is 15.5. The largest absolute Gasteiger partial charge is 0.397 e. The van der Waals surface area contributed by atoms with Crippen LogP contribution in [0.2, 0.25) is 0 Å². The molecule has 1 aromatic heterocycles. The molecule has 1 aromatic carbocycles. The van der Waals surface area contributed by atoms with Crippen LogP contribution < -0.4 is 11.1 Å². The Bertz CT molecular complexity index is 684. The van der Waals surface area contributed by atoms with Gasteiger partial charge in [-0.05, 0) is 19.1 Å². The maximum Gasteiger partial charge on any atom is 0.263 e. The molecule has 4 nitrogen and oxygen atoms in total. The average Bonchev–Trinajstić information content (AvgIpc) is 2.72. The molecule has 1 heterocycles. The third-order valence-electron chi connectivity index (χ3n) is 3.01. The molecule has 0 bridgehead atoms. The minimum absolute atomic E-state index is 0.0799. The number of nitrogens with two attached hydrogens (primary N) is 1. The Morgan fingerprint density at radius 2 is 2.25 bits per heavy atom. The monoisotopic (exact) mass is 374 g/mol. The summed E-state index contributed by atoms with van der Waals surface area (Å²) in [4.78, 5) is 12.7. The number of hydrogen-bond donors (Lipinski definition) is 2. The topological polar surface area (TPSA) is 72.2 Å². The number of benzene rings is 1. The van der Waals surface area contributed by atoms with Gasteiger partial charge in [0.05, 0.1) is 5.69 Å². The number of rotatable bonds is 4. The molecule has 2 atom stereocenters. The molecule has 0 aliphatic heterocycles. The summed E-state index contributed by atoms with van der Waals surface area (Å²) in [6.45, 7) is 2.21. The minimum atomic E-state index is -0.955. The molecule has 0 saturated heterocycles. The van der Waals surface area contributed by atoms with E-state index in [2.05, 4.69) is 21.2 Å². The number of thiophene rings is 1. The van der Waals surface area contributed by atoms with Crippen LogP contribution in [-0.4, -0.2) is 28.2 Å². The van der Waals surface area contributed by atoms with Crippen LogP contribution in [0.5, 0.6) is 0 Å². The zero-order valence-electron chi connectivity index (χ0n) is 11.1. The van der Waals surface area contributed by atoms with Crippen molar-refractivity contribution in [1.29, 1.82) is 0 Å². The van der Waals surface area contributed by atoms with Gasteiger partial charge in [0.15, 0.2) is 0 Å². The van der Waals surface area contributed by atoms with E-state index < -0.39 is 10.8 Å². The first-order valence-corrected chi connectivity index (χ1v) is 9.21. The molecule has 108 valence electrons. The van der Waals surface area contributed by atoms with E-state index in [1.807, 2.05) is 25.1 Å². The summed E-state index contributed by atoms with van der Waals surface area (Å²) < 4.78 is 13.2. The predicted molar refractivity (Wildman–Crippen MR) is 89.8 cm³/mol. The van der Waals surface area contributed by atoms with Gasteiger partial charge in [0.25, 0.3) is 5.91 Å². The van der Waals surface area contributed by atoms with Crippen molar-refractivity contribution in [3.63, 3.8) is 0 Å². The Morgan fingerprint density at radius 1 is 1.55 bits per heavy atom. The first-order valence-electron chi connectivity index (χ1n) is 5.98. The zero-order valence-corrected chi connectivity index (χ0v) is 14.3. The highest BCUT2D eigenvalue weighted by molar-refractivity contribution is 9.10. The Kier molecular flexibility index (Phi) is 4.82. The highest BCUT2D eigenvalue weighted by Gasteiger charge is 2.17. The first-order chi connectivity index (χ1) is 9.40. The lowest BCUT2D eigenvalue weighted by atomic mass is 10.2. The summed E-state index contributed by atoms with van der Waals surface area (Å²) in [6.07, 6.45) is 1.63. The molecular formula is C13H15BrN2O2S2. The van der Waals surface area contributed by atoms with E-state index in [4.69, 9.17) is 5.73 Å². The smallest absolute Gasteiger partial charge is 0.263 e. The maximum atomic E-state index is 12.2. The predicted octanol–water partition coefficient (Wildman–Crippen LogP) is 2.74. The third kappa shape index (κ3) is 3.21. The number of carbonyl (C=O) groups excluding carboxylic acids is 1. The van der Waals surface area contributed by atoms with Gasteiger partial charge in [-0.3, -0.25) is 9.00 Å². The van der Waals surface area contributed by atoms with Crippen molar-refractivity contribution < 1.29 is 9.00 Å². The van der Waals surface area contributed by atoms with Crippen molar-refractivity contribution >= 4 is 59.7 Å². The summed E-state index contributed by atoms with van der Waals surface area (Å²) in [5.41, 5.74) is 6.53. The fourth-order valence-electron chi connectivity index (χ4n) is 1.69. The van der Waals surface area contributed by atoms with Gasteiger partial charge in [-0.15, -0.1) is 11.3 Å². The molecule has 7 heteroatoms. The van der Waals surface area contributed by atoms with Gasteiger partial charge in [0.2, 0.25) is 0 Å². The second-order valence-electron chi connectivity index (χ2n) is 4.50. The third-order valence-corrected chi connectivity index (χ3v) is 5.97. The molecule has 2 unspecified atom stereocenters. The number of halogens is 1. The molecule has 0 aliphatic carbocycles. The van der Waals surface area contributed by atoms with Crippen molar-refractivity contribution in [2.45, 2.75) is 12.2 Å². The maximum absolute atomic E-state index is 12.2. The Morgan fingerprint density at radius 3 is 2.90 bits per heavy atom. The fraction of sp³-hybridized carbons (Fsp3) is 0.308. The Hall–Kier alpha value is -0.920. The van der Waals surface area contributed by atoms with Crippen LogP contribution in [0.1, 0.15) is 16.6 Å². The number of carbonyl (C=O) groups is 1. The number of hydrogen-bond acceptors (Lipinski definition) is 4.